The fraction of sp³-hybridized carbons (Fsp3) is 0.200. The Balaban J connectivity index is 1.83. The number of pyridine rings is 1. The van der Waals surface area contributed by atoms with Crippen molar-refractivity contribution in [3.63, 3.8) is 0 Å². The maximum absolute atomic E-state index is 12.7. The summed E-state index contributed by atoms with van der Waals surface area (Å²) >= 11 is 6.28. The number of halogens is 1. The molecule has 4 heteroatoms. The van der Waals surface area contributed by atoms with Crippen LogP contribution in [0, 0.1) is 6.92 Å². The Morgan fingerprint density at radius 3 is 2.62 bits per heavy atom. The van der Waals surface area contributed by atoms with Crippen molar-refractivity contribution in [2.24, 2.45) is 0 Å². The van der Waals surface area contributed by atoms with Crippen LogP contribution < -0.4 is 5.32 Å². The number of fused-ring (bicyclic) bond motifs is 1. The fourth-order valence-corrected chi connectivity index (χ4v) is 2.99. The summed E-state index contributed by atoms with van der Waals surface area (Å²) in [5.41, 5.74) is 3.37. The van der Waals surface area contributed by atoms with Gasteiger partial charge in [-0.2, -0.15) is 0 Å². The Morgan fingerprint density at radius 1 is 1.12 bits per heavy atom. The van der Waals surface area contributed by atoms with Crippen molar-refractivity contribution >= 4 is 28.4 Å². The highest BCUT2D eigenvalue weighted by Gasteiger charge is 2.16. The molecule has 0 saturated carbocycles. The zero-order valence-electron chi connectivity index (χ0n) is 13.7. The monoisotopic (exact) mass is 338 g/mol. The Bertz CT molecular complexity index is 877. The van der Waals surface area contributed by atoms with Crippen LogP contribution in [0.5, 0.6) is 0 Å². The molecule has 2 aromatic carbocycles. The summed E-state index contributed by atoms with van der Waals surface area (Å²) in [4.78, 5) is 17.1. The standard InChI is InChI=1S/C20H19ClN2O/c1-13(15-6-4-3-5-7-15)12-22-20(24)19-16-9-8-14(2)23-18(16)11-10-17(19)21/h3-11,13H,12H2,1-2H3,(H,22,24)/t13-/m0/s1. The van der Waals surface area contributed by atoms with E-state index in [0.717, 1.165) is 16.6 Å². The molecule has 0 unspecified atom stereocenters. The van der Waals surface area contributed by atoms with Gasteiger partial charge in [0.05, 0.1) is 16.1 Å². The first kappa shape index (κ1) is 16.5. The smallest absolute Gasteiger partial charge is 0.253 e. The van der Waals surface area contributed by atoms with Crippen molar-refractivity contribution < 1.29 is 4.79 Å². The van der Waals surface area contributed by atoms with Crippen LogP contribution in [0.3, 0.4) is 0 Å². The molecule has 3 rings (SSSR count). The van der Waals surface area contributed by atoms with E-state index in [1.165, 1.54) is 5.56 Å². The summed E-state index contributed by atoms with van der Waals surface area (Å²) < 4.78 is 0. The van der Waals surface area contributed by atoms with Crippen molar-refractivity contribution in [1.29, 1.82) is 0 Å². The first-order chi connectivity index (χ1) is 11.6. The molecular formula is C20H19ClN2O. The molecule has 122 valence electrons. The Kier molecular flexibility index (Phi) is 4.81. The number of nitrogens with zero attached hydrogens (tertiary/aromatic N) is 1. The van der Waals surface area contributed by atoms with Gasteiger partial charge in [0.2, 0.25) is 0 Å². The molecule has 1 aromatic heterocycles. The van der Waals surface area contributed by atoms with Crippen LogP contribution in [0.15, 0.2) is 54.6 Å². The minimum Gasteiger partial charge on any atom is -0.351 e. The minimum absolute atomic E-state index is 0.168. The summed E-state index contributed by atoms with van der Waals surface area (Å²) in [5.74, 6) is 0.0586. The number of aryl methyl sites for hydroxylation is 1. The summed E-state index contributed by atoms with van der Waals surface area (Å²) in [6, 6.07) is 17.5. The molecule has 0 aliphatic heterocycles. The Labute approximate surface area is 146 Å². The van der Waals surface area contributed by atoms with Gasteiger partial charge in [-0.25, -0.2) is 0 Å². The minimum atomic E-state index is -0.168. The molecule has 1 N–H and O–H groups in total. The van der Waals surface area contributed by atoms with Crippen molar-refractivity contribution in [3.05, 3.63) is 76.4 Å². The number of carbonyl (C=O) groups excluding carboxylic acids is 1. The molecule has 1 heterocycles. The SMILES string of the molecule is Cc1ccc2c(C(=O)NC[C@H](C)c3ccccc3)c(Cl)ccc2n1. The van der Waals surface area contributed by atoms with Crippen LogP contribution >= 0.6 is 11.6 Å². The predicted octanol–water partition coefficient (Wildman–Crippen LogP) is 4.73. The molecule has 0 aliphatic carbocycles. The lowest BCUT2D eigenvalue weighted by Crippen LogP contribution is -2.28. The first-order valence-corrected chi connectivity index (χ1v) is 8.33. The molecule has 0 spiro atoms. The molecular weight excluding hydrogens is 320 g/mol. The van der Waals surface area contributed by atoms with E-state index in [1.807, 2.05) is 43.3 Å². The van der Waals surface area contributed by atoms with Gasteiger partial charge in [-0.3, -0.25) is 9.78 Å². The molecule has 3 aromatic rings. The van der Waals surface area contributed by atoms with Gasteiger partial charge in [0.25, 0.3) is 5.91 Å². The average Bonchev–Trinajstić information content (AvgIpc) is 2.60. The molecule has 0 radical (unpaired) electrons. The van der Waals surface area contributed by atoms with E-state index in [4.69, 9.17) is 11.6 Å². The second kappa shape index (κ2) is 7.02. The molecule has 1 atom stereocenters. The summed E-state index contributed by atoms with van der Waals surface area (Å²) in [5, 5.41) is 4.21. The fourth-order valence-electron chi connectivity index (χ4n) is 2.74. The van der Waals surface area contributed by atoms with E-state index in [1.54, 1.807) is 6.07 Å². The quantitative estimate of drug-likeness (QED) is 0.747. The second-order valence-corrected chi connectivity index (χ2v) is 6.37. The van der Waals surface area contributed by atoms with Crippen molar-refractivity contribution in [2.45, 2.75) is 19.8 Å². The van der Waals surface area contributed by atoms with Crippen LogP contribution in [-0.4, -0.2) is 17.4 Å². The maximum Gasteiger partial charge on any atom is 0.253 e. The summed E-state index contributed by atoms with van der Waals surface area (Å²) in [7, 11) is 0. The van der Waals surface area contributed by atoms with E-state index < -0.39 is 0 Å². The Morgan fingerprint density at radius 2 is 1.88 bits per heavy atom. The lowest BCUT2D eigenvalue weighted by atomic mass is 10.0. The Hall–Kier alpha value is -2.39. The highest BCUT2D eigenvalue weighted by atomic mass is 35.5. The highest BCUT2D eigenvalue weighted by Crippen LogP contribution is 2.25. The summed E-state index contributed by atoms with van der Waals surface area (Å²) in [6.45, 7) is 4.56. The number of carbonyl (C=O) groups is 1. The van der Waals surface area contributed by atoms with Gasteiger partial charge in [0, 0.05) is 17.6 Å². The highest BCUT2D eigenvalue weighted by molar-refractivity contribution is 6.35. The maximum atomic E-state index is 12.7. The largest absolute Gasteiger partial charge is 0.351 e. The molecule has 24 heavy (non-hydrogen) atoms. The van der Waals surface area contributed by atoms with Crippen molar-refractivity contribution in [2.75, 3.05) is 6.54 Å². The van der Waals surface area contributed by atoms with Crippen LogP contribution in [0.2, 0.25) is 5.02 Å². The van der Waals surface area contributed by atoms with Gasteiger partial charge in [-0.1, -0.05) is 54.9 Å². The van der Waals surface area contributed by atoms with Crippen molar-refractivity contribution in [1.82, 2.24) is 10.3 Å². The number of nitrogens with one attached hydrogen (secondary N) is 1. The number of hydrogen-bond donors (Lipinski definition) is 1. The number of hydrogen-bond acceptors (Lipinski definition) is 2. The third-order valence-electron chi connectivity index (χ3n) is 4.12. The van der Waals surface area contributed by atoms with Gasteiger partial charge < -0.3 is 5.32 Å². The van der Waals surface area contributed by atoms with E-state index in [9.17, 15) is 4.79 Å². The van der Waals surface area contributed by atoms with Crippen LogP contribution in [-0.2, 0) is 0 Å². The van der Waals surface area contributed by atoms with Gasteiger partial charge >= 0.3 is 0 Å². The normalized spacial score (nSPS) is 12.1. The zero-order chi connectivity index (χ0) is 17.1. The molecule has 0 saturated heterocycles. The number of rotatable bonds is 4. The second-order valence-electron chi connectivity index (χ2n) is 5.96. The van der Waals surface area contributed by atoms with Crippen molar-refractivity contribution in [3.8, 4) is 0 Å². The van der Waals surface area contributed by atoms with Crippen LogP contribution in [0.4, 0.5) is 0 Å². The molecule has 0 bridgehead atoms. The zero-order valence-corrected chi connectivity index (χ0v) is 14.5. The molecule has 0 aliphatic rings. The van der Waals surface area contributed by atoms with Gasteiger partial charge in [-0.05, 0) is 36.6 Å². The van der Waals surface area contributed by atoms with E-state index in [0.29, 0.717) is 17.1 Å². The van der Waals surface area contributed by atoms with Crippen LogP contribution in [0.1, 0.15) is 34.5 Å². The topological polar surface area (TPSA) is 42.0 Å². The lowest BCUT2D eigenvalue weighted by molar-refractivity contribution is 0.0953. The van der Waals surface area contributed by atoms with E-state index >= 15 is 0 Å². The first-order valence-electron chi connectivity index (χ1n) is 7.95. The van der Waals surface area contributed by atoms with Crippen LogP contribution in [0.25, 0.3) is 10.9 Å². The average molecular weight is 339 g/mol. The van der Waals surface area contributed by atoms with E-state index in [-0.39, 0.29) is 11.8 Å². The number of benzene rings is 2. The molecule has 1 amide bonds. The number of amides is 1. The summed E-state index contributed by atoms with van der Waals surface area (Å²) in [6.07, 6.45) is 0. The third-order valence-corrected chi connectivity index (χ3v) is 4.44. The number of aromatic nitrogens is 1. The van der Waals surface area contributed by atoms with Gasteiger partial charge in [0.15, 0.2) is 0 Å². The predicted molar refractivity (Wildman–Crippen MR) is 98.7 cm³/mol. The van der Waals surface area contributed by atoms with Gasteiger partial charge in [0.1, 0.15) is 0 Å². The van der Waals surface area contributed by atoms with Gasteiger partial charge in [-0.15, -0.1) is 0 Å². The lowest BCUT2D eigenvalue weighted by Gasteiger charge is -2.14. The molecule has 0 fully saturated rings. The third kappa shape index (κ3) is 3.41. The molecule has 3 nitrogen and oxygen atoms in total. The van der Waals surface area contributed by atoms with E-state index in [2.05, 4.69) is 29.4 Å².